The van der Waals surface area contributed by atoms with Gasteiger partial charge in [0.15, 0.2) is 0 Å². The van der Waals surface area contributed by atoms with Crippen molar-refractivity contribution in [1.29, 1.82) is 0 Å². The van der Waals surface area contributed by atoms with Crippen molar-refractivity contribution in [2.45, 2.75) is 97.7 Å². The van der Waals surface area contributed by atoms with Gasteiger partial charge in [0.2, 0.25) is 0 Å². The molecule has 37 heavy (non-hydrogen) atoms. The van der Waals surface area contributed by atoms with Gasteiger partial charge < -0.3 is 9.84 Å². The van der Waals surface area contributed by atoms with Crippen LogP contribution in [0.1, 0.15) is 93.2 Å². The van der Waals surface area contributed by atoms with E-state index >= 15 is 0 Å². The summed E-state index contributed by atoms with van der Waals surface area (Å²) in [6, 6.07) is 17.6. The van der Waals surface area contributed by atoms with Crippen LogP contribution in [-0.2, 0) is 28.0 Å². The Morgan fingerprint density at radius 1 is 0.865 bits per heavy atom. The van der Waals surface area contributed by atoms with Crippen LogP contribution in [-0.4, -0.2) is 22.2 Å². The van der Waals surface area contributed by atoms with Crippen LogP contribution >= 0.6 is 0 Å². The molecule has 0 amide bonds. The van der Waals surface area contributed by atoms with Crippen molar-refractivity contribution >= 4 is 6.47 Å². The number of carbonyl (C=O) groups excluding carboxylic acids is 1. The van der Waals surface area contributed by atoms with Crippen LogP contribution < -0.4 is 0 Å². The molecule has 0 fully saturated rings. The Bertz CT molecular complexity index is 1170. The maximum absolute atomic E-state index is 10.7. The van der Waals surface area contributed by atoms with Gasteiger partial charge in [-0.3, -0.25) is 9.78 Å². The van der Waals surface area contributed by atoms with E-state index in [1.165, 1.54) is 27.8 Å². The van der Waals surface area contributed by atoms with E-state index in [0.717, 1.165) is 55.3 Å². The molecule has 0 unspecified atom stereocenters. The molecule has 0 spiro atoms. The number of pyridine rings is 1. The molecule has 1 heterocycles. The van der Waals surface area contributed by atoms with Crippen LogP contribution in [0.15, 0.2) is 54.7 Å². The summed E-state index contributed by atoms with van der Waals surface area (Å²) >= 11 is 0. The maximum Gasteiger partial charge on any atom is 0.293 e. The number of benzene rings is 2. The molecule has 0 aliphatic rings. The molecule has 0 saturated heterocycles. The van der Waals surface area contributed by atoms with Crippen LogP contribution in [0.3, 0.4) is 0 Å². The van der Waals surface area contributed by atoms with Gasteiger partial charge in [-0.05, 0) is 86.3 Å². The third-order valence-corrected chi connectivity index (χ3v) is 8.48. The molecule has 198 valence electrons. The highest BCUT2D eigenvalue weighted by Gasteiger charge is 2.31. The number of aryl methyl sites for hydroxylation is 3. The molecule has 3 rings (SSSR count). The van der Waals surface area contributed by atoms with Crippen molar-refractivity contribution in [1.82, 2.24) is 4.98 Å². The Kier molecular flexibility index (Phi) is 9.67. The molecule has 0 radical (unpaired) electrons. The van der Waals surface area contributed by atoms with E-state index in [1.54, 1.807) is 6.20 Å². The van der Waals surface area contributed by atoms with Crippen molar-refractivity contribution in [2.75, 3.05) is 0 Å². The third-order valence-electron chi connectivity index (χ3n) is 8.48. The van der Waals surface area contributed by atoms with E-state index in [4.69, 9.17) is 4.74 Å². The first-order valence-corrected chi connectivity index (χ1v) is 13.7. The van der Waals surface area contributed by atoms with Gasteiger partial charge in [0.25, 0.3) is 6.47 Å². The van der Waals surface area contributed by atoms with Crippen LogP contribution in [0.2, 0.25) is 0 Å². The average molecular weight is 502 g/mol. The number of carbonyl (C=O) groups is 1. The lowest BCUT2D eigenvalue weighted by Crippen LogP contribution is -2.28. The highest BCUT2D eigenvalue weighted by atomic mass is 16.5. The molecule has 0 aliphatic heterocycles. The van der Waals surface area contributed by atoms with Crippen LogP contribution in [0.5, 0.6) is 0 Å². The van der Waals surface area contributed by atoms with Gasteiger partial charge in [0, 0.05) is 22.7 Å². The van der Waals surface area contributed by atoms with E-state index in [1.807, 2.05) is 12.1 Å². The summed E-state index contributed by atoms with van der Waals surface area (Å²) in [6.45, 7) is 13.7. The maximum atomic E-state index is 10.7. The molecule has 4 heteroatoms. The lowest BCUT2D eigenvalue weighted by Gasteiger charge is -2.34. The summed E-state index contributed by atoms with van der Waals surface area (Å²) in [5, 5.41) is 10.7. The zero-order valence-corrected chi connectivity index (χ0v) is 23.4. The van der Waals surface area contributed by atoms with Gasteiger partial charge >= 0.3 is 0 Å². The normalized spacial score (nSPS) is 12.0. The van der Waals surface area contributed by atoms with E-state index in [0.29, 0.717) is 6.47 Å². The first kappa shape index (κ1) is 28.6. The SMILES string of the molecule is CCC(O)(CC)CCc1ccc(C(CC)(CC)c2ccc(-c3ccc(COC=O)cn3)c(C)c2)cc1C. The van der Waals surface area contributed by atoms with Gasteiger partial charge in [0.05, 0.1) is 11.3 Å². The average Bonchev–Trinajstić information content (AvgIpc) is 2.92. The number of nitrogens with zero attached hydrogens (tertiary/aromatic N) is 1. The highest BCUT2D eigenvalue weighted by Crippen LogP contribution is 2.41. The number of aliphatic hydroxyl groups is 1. The summed E-state index contributed by atoms with van der Waals surface area (Å²) < 4.78 is 4.83. The van der Waals surface area contributed by atoms with Crippen molar-refractivity contribution in [3.05, 3.63) is 88.1 Å². The molecular formula is C33H43NO3. The predicted octanol–water partition coefficient (Wildman–Crippen LogP) is 7.63. The minimum Gasteiger partial charge on any atom is -0.463 e. The minimum absolute atomic E-state index is 0.0659. The van der Waals surface area contributed by atoms with E-state index in [2.05, 4.69) is 82.9 Å². The quantitative estimate of drug-likeness (QED) is 0.245. The summed E-state index contributed by atoms with van der Waals surface area (Å²) in [5.41, 5.74) is 8.75. The van der Waals surface area contributed by atoms with Crippen LogP contribution in [0, 0.1) is 13.8 Å². The minimum atomic E-state index is -0.570. The van der Waals surface area contributed by atoms with Crippen LogP contribution in [0.4, 0.5) is 0 Å². The van der Waals surface area contributed by atoms with E-state index in [9.17, 15) is 9.90 Å². The van der Waals surface area contributed by atoms with Crippen molar-refractivity contribution in [2.24, 2.45) is 0 Å². The van der Waals surface area contributed by atoms with Gasteiger partial charge in [0.1, 0.15) is 6.61 Å². The summed E-state index contributed by atoms with van der Waals surface area (Å²) in [4.78, 5) is 15.1. The zero-order chi connectivity index (χ0) is 27.1. The number of aromatic nitrogens is 1. The molecule has 0 saturated carbocycles. The first-order valence-electron chi connectivity index (χ1n) is 13.7. The first-order chi connectivity index (χ1) is 17.8. The fourth-order valence-electron chi connectivity index (χ4n) is 5.53. The van der Waals surface area contributed by atoms with Crippen molar-refractivity contribution < 1.29 is 14.6 Å². The Hall–Kier alpha value is -2.98. The second-order valence-corrected chi connectivity index (χ2v) is 10.4. The lowest BCUT2D eigenvalue weighted by molar-refractivity contribution is -0.129. The van der Waals surface area contributed by atoms with Gasteiger partial charge in [-0.15, -0.1) is 0 Å². The van der Waals surface area contributed by atoms with E-state index in [-0.39, 0.29) is 12.0 Å². The third kappa shape index (κ3) is 6.30. The van der Waals surface area contributed by atoms with Gasteiger partial charge in [-0.1, -0.05) is 70.2 Å². The summed E-state index contributed by atoms with van der Waals surface area (Å²) in [7, 11) is 0. The number of rotatable bonds is 13. The van der Waals surface area contributed by atoms with E-state index < -0.39 is 5.60 Å². The largest absolute Gasteiger partial charge is 0.463 e. The molecule has 0 bridgehead atoms. The molecular weight excluding hydrogens is 458 g/mol. The fourth-order valence-corrected chi connectivity index (χ4v) is 5.53. The predicted molar refractivity (Wildman–Crippen MR) is 152 cm³/mol. The van der Waals surface area contributed by atoms with Crippen molar-refractivity contribution in [3.8, 4) is 11.3 Å². The second-order valence-electron chi connectivity index (χ2n) is 10.4. The Labute approximate surface area is 223 Å². The number of ether oxygens (including phenoxy) is 1. The molecule has 4 nitrogen and oxygen atoms in total. The second kappa shape index (κ2) is 12.5. The summed E-state index contributed by atoms with van der Waals surface area (Å²) in [5.74, 6) is 0. The molecule has 1 N–H and O–H groups in total. The number of hydrogen-bond donors (Lipinski definition) is 1. The Morgan fingerprint density at radius 2 is 1.51 bits per heavy atom. The monoisotopic (exact) mass is 501 g/mol. The molecule has 0 atom stereocenters. The lowest BCUT2D eigenvalue weighted by atomic mass is 9.69. The standard InChI is InChI=1S/C33H43NO3/c1-7-32(36,8-2)18-17-27-12-13-28(19-24(27)5)33(9-3,10-4)29-14-15-30(25(6)20-29)31-16-11-26(21-34-31)22-37-23-35/h11-16,19-21,23,36H,7-10,17-18,22H2,1-6H3. The van der Waals surface area contributed by atoms with Gasteiger partial charge in [-0.25, -0.2) is 0 Å². The smallest absolute Gasteiger partial charge is 0.293 e. The highest BCUT2D eigenvalue weighted by molar-refractivity contribution is 5.65. The molecule has 1 aromatic heterocycles. The topological polar surface area (TPSA) is 59.4 Å². The molecule has 2 aromatic carbocycles. The Morgan fingerprint density at radius 3 is 2.03 bits per heavy atom. The Balaban J connectivity index is 1.90. The molecule has 0 aliphatic carbocycles. The molecule has 3 aromatic rings. The zero-order valence-electron chi connectivity index (χ0n) is 23.4. The van der Waals surface area contributed by atoms with Gasteiger partial charge in [-0.2, -0.15) is 0 Å². The summed E-state index contributed by atoms with van der Waals surface area (Å²) in [6.07, 6.45) is 7.06. The van der Waals surface area contributed by atoms with Crippen molar-refractivity contribution in [3.63, 3.8) is 0 Å². The van der Waals surface area contributed by atoms with Crippen LogP contribution in [0.25, 0.3) is 11.3 Å². The fraction of sp³-hybridized carbons (Fsp3) is 0.455. The number of hydrogen-bond acceptors (Lipinski definition) is 4.